The summed E-state index contributed by atoms with van der Waals surface area (Å²) in [5.41, 5.74) is -0.346. The van der Waals surface area contributed by atoms with Crippen LogP contribution < -0.4 is 16.0 Å². The van der Waals surface area contributed by atoms with Gasteiger partial charge in [-0.25, -0.2) is 4.79 Å². The van der Waals surface area contributed by atoms with Gasteiger partial charge in [0.1, 0.15) is 6.54 Å². The van der Waals surface area contributed by atoms with Crippen molar-refractivity contribution in [3.8, 4) is 0 Å². The summed E-state index contributed by atoms with van der Waals surface area (Å²) in [6.45, 7) is 4.94. The Labute approximate surface area is 100.0 Å². The SMILES string of the molecule is CCC(C)(C)NC(=O)NCC(=O)NCC(=O)O. The van der Waals surface area contributed by atoms with Crippen molar-refractivity contribution in [3.05, 3.63) is 0 Å². The number of rotatable bonds is 6. The Hall–Kier alpha value is -1.79. The molecular weight excluding hydrogens is 226 g/mol. The second kappa shape index (κ2) is 6.72. The molecule has 7 heteroatoms. The average molecular weight is 245 g/mol. The number of nitrogens with one attached hydrogen (secondary N) is 3. The number of carbonyl (C=O) groups is 3. The number of carboxylic acids is 1. The maximum atomic E-state index is 11.3. The Bertz CT molecular complexity index is 302. The van der Waals surface area contributed by atoms with Crippen molar-refractivity contribution in [2.24, 2.45) is 0 Å². The molecule has 0 aliphatic carbocycles. The second-order valence-electron chi connectivity index (χ2n) is 4.22. The minimum Gasteiger partial charge on any atom is -0.480 e. The summed E-state index contributed by atoms with van der Waals surface area (Å²) in [6.07, 6.45) is 0.756. The fourth-order valence-electron chi connectivity index (χ4n) is 0.837. The number of urea groups is 1. The van der Waals surface area contributed by atoms with Gasteiger partial charge >= 0.3 is 12.0 Å². The summed E-state index contributed by atoms with van der Waals surface area (Å²) in [4.78, 5) is 32.6. The number of hydrogen-bond acceptors (Lipinski definition) is 3. The van der Waals surface area contributed by atoms with Gasteiger partial charge in [-0.1, -0.05) is 6.92 Å². The van der Waals surface area contributed by atoms with Gasteiger partial charge in [-0.2, -0.15) is 0 Å². The van der Waals surface area contributed by atoms with Crippen LogP contribution in [0, 0.1) is 0 Å². The van der Waals surface area contributed by atoms with Crippen LogP contribution in [-0.4, -0.2) is 41.6 Å². The molecule has 0 heterocycles. The molecule has 7 nitrogen and oxygen atoms in total. The first-order valence-corrected chi connectivity index (χ1v) is 5.31. The van der Waals surface area contributed by atoms with Crippen LogP contribution >= 0.6 is 0 Å². The van der Waals surface area contributed by atoms with Gasteiger partial charge in [0.25, 0.3) is 0 Å². The molecule has 0 bridgehead atoms. The van der Waals surface area contributed by atoms with E-state index in [2.05, 4.69) is 16.0 Å². The zero-order valence-electron chi connectivity index (χ0n) is 10.3. The first kappa shape index (κ1) is 15.2. The lowest BCUT2D eigenvalue weighted by Crippen LogP contribution is -2.50. The van der Waals surface area contributed by atoms with Crippen molar-refractivity contribution in [3.63, 3.8) is 0 Å². The van der Waals surface area contributed by atoms with E-state index >= 15 is 0 Å². The zero-order valence-corrected chi connectivity index (χ0v) is 10.3. The van der Waals surface area contributed by atoms with Crippen molar-refractivity contribution in [2.75, 3.05) is 13.1 Å². The van der Waals surface area contributed by atoms with E-state index in [0.717, 1.165) is 6.42 Å². The second-order valence-corrected chi connectivity index (χ2v) is 4.22. The fraction of sp³-hybridized carbons (Fsp3) is 0.700. The molecule has 0 aromatic carbocycles. The molecule has 0 aromatic heterocycles. The molecule has 0 spiro atoms. The normalized spacial score (nSPS) is 10.5. The highest BCUT2D eigenvalue weighted by Crippen LogP contribution is 2.05. The first-order chi connectivity index (χ1) is 7.76. The summed E-state index contributed by atoms with van der Waals surface area (Å²) < 4.78 is 0. The van der Waals surface area contributed by atoms with Crippen LogP contribution in [0.2, 0.25) is 0 Å². The third-order valence-corrected chi connectivity index (χ3v) is 2.18. The van der Waals surface area contributed by atoms with Crippen LogP contribution in [-0.2, 0) is 9.59 Å². The molecule has 3 amide bonds. The molecule has 0 atom stereocenters. The molecule has 0 rings (SSSR count). The predicted molar refractivity (Wildman–Crippen MR) is 61.5 cm³/mol. The van der Waals surface area contributed by atoms with Crippen molar-refractivity contribution >= 4 is 17.9 Å². The van der Waals surface area contributed by atoms with Crippen LogP contribution in [0.1, 0.15) is 27.2 Å². The Morgan fingerprint density at radius 3 is 2.18 bits per heavy atom. The van der Waals surface area contributed by atoms with E-state index < -0.39 is 24.5 Å². The molecule has 0 saturated carbocycles. The van der Waals surface area contributed by atoms with Gasteiger partial charge < -0.3 is 21.1 Å². The van der Waals surface area contributed by atoms with Crippen LogP contribution in [0.5, 0.6) is 0 Å². The number of carbonyl (C=O) groups excluding carboxylic acids is 2. The molecule has 0 unspecified atom stereocenters. The standard InChI is InChI=1S/C10H19N3O4/c1-4-10(2,3)13-9(17)12-5-7(14)11-6-8(15)16/h4-6H2,1-3H3,(H,11,14)(H,15,16)(H2,12,13,17). The van der Waals surface area contributed by atoms with Crippen LogP contribution in [0.25, 0.3) is 0 Å². The molecule has 0 aromatic rings. The summed E-state index contributed by atoms with van der Waals surface area (Å²) in [5, 5.41) is 15.5. The Kier molecular flexibility index (Phi) is 6.01. The van der Waals surface area contributed by atoms with Crippen molar-refractivity contribution in [1.82, 2.24) is 16.0 Å². The van der Waals surface area contributed by atoms with Crippen LogP contribution in [0.15, 0.2) is 0 Å². The molecule has 0 radical (unpaired) electrons. The minimum atomic E-state index is -1.13. The largest absolute Gasteiger partial charge is 0.480 e. The van der Waals surface area contributed by atoms with E-state index in [1.54, 1.807) is 0 Å². The molecule has 0 aliphatic rings. The molecular formula is C10H19N3O4. The number of hydrogen-bond donors (Lipinski definition) is 4. The summed E-state index contributed by atoms with van der Waals surface area (Å²) in [6, 6.07) is -0.456. The van der Waals surface area contributed by atoms with E-state index in [-0.39, 0.29) is 12.1 Å². The summed E-state index contributed by atoms with van der Waals surface area (Å²) in [7, 11) is 0. The number of amides is 3. The quantitative estimate of drug-likeness (QED) is 0.514. The number of aliphatic carboxylic acids is 1. The monoisotopic (exact) mass is 245 g/mol. The van der Waals surface area contributed by atoms with Gasteiger partial charge in [0.2, 0.25) is 5.91 Å². The highest BCUT2D eigenvalue weighted by atomic mass is 16.4. The Morgan fingerprint density at radius 2 is 1.71 bits per heavy atom. The third kappa shape index (κ3) is 8.06. The van der Waals surface area contributed by atoms with Gasteiger partial charge in [0.15, 0.2) is 0 Å². The van der Waals surface area contributed by atoms with E-state index in [4.69, 9.17) is 5.11 Å². The number of carboxylic acid groups (broad SMARTS) is 1. The average Bonchev–Trinajstić information content (AvgIpc) is 2.23. The first-order valence-electron chi connectivity index (χ1n) is 5.31. The molecule has 17 heavy (non-hydrogen) atoms. The van der Waals surface area contributed by atoms with Crippen LogP contribution in [0.4, 0.5) is 4.79 Å². The highest BCUT2D eigenvalue weighted by Gasteiger charge is 2.17. The predicted octanol–water partition coefficient (Wildman–Crippen LogP) is -0.325. The van der Waals surface area contributed by atoms with Gasteiger partial charge in [0, 0.05) is 5.54 Å². The zero-order chi connectivity index (χ0) is 13.5. The van der Waals surface area contributed by atoms with Gasteiger partial charge in [-0.15, -0.1) is 0 Å². The highest BCUT2D eigenvalue weighted by molar-refractivity contribution is 5.86. The minimum absolute atomic E-state index is 0.251. The van der Waals surface area contributed by atoms with Gasteiger partial charge in [-0.05, 0) is 20.3 Å². The van der Waals surface area contributed by atoms with E-state index in [9.17, 15) is 14.4 Å². The summed E-state index contributed by atoms with van der Waals surface area (Å²) in [5.74, 6) is -1.67. The molecule has 0 fully saturated rings. The lowest BCUT2D eigenvalue weighted by atomic mass is 10.0. The van der Waals surface area contributed by atoms with E-state index in [1.165, 1.54) is 0 Å². The lowest BCUT2D eigenvalue weighted by molar-refractivity contribution is -0.137. The smallest absolute Gasteiger partial charge is 0.322 e. The molecule has 0 aliphatic heterocycles. The maximum Gasteiger partial charge on any atom is 0.322 e. The molecule has 98 valence electrons. The third-order valence-electron chi connectivity index (χ3n) is 2.18. The van der Waals surface area contributed by atoms with Crippen molar-refractivity contribution in [1.29, 1.82) is 0 Å². The van der Waals surface area contributed by atoms with Gasteiger partial charge in [0.05, 0.1) is 6.54 Å². The summed E-state index contributed by atoms with van der Waals surface area (Å²) >= 11 is 0. The van der Waals surface area contributed by atoms with Crippen molar-refractivity contribution in [2.45, 2.75) is 32.7 Å². The molecule has 0 saturated heterocycles. The molecule has 4 N–H and O–H groups in total. The topological polar surface area (TPSA) is 108 Å². The van der Waals surface area contributed by atoms with Crippen molar-refractivity contribution < 1.29 is 19.5 Å². The lowest BCUT2D eigenvalue weighted by Gasteiger charge is -2.24. The fourth-order valence-corrected chi connectivity index (χ4v) is 0.837. The van der Waals surface area contributed by atoms with Gasteiger partial charge in [-0.3, -0.25) is 9.59 Å². The Balaban J connectivity index is 3.84. The van der Waals surface area contributed by atoms with E-state index in [0.29, 0.717) is 0 Å². The van der Waals surface area contributed by atoms with Crippen LogP contribution in [0.3, 0.4) is 0 Å². The maximum absolute atomic E-state index is 11.3. The Morgan fingerprint density at radius 1 is 1.12 bits per heavy atom. The van der Waals surface area contributed by atoms with E-state index in [1.807, 2.05) is 20.8 Å².